The van der Waals surface area contributed by atoms with Crippen LogP contribution in [0, 0.1) is 5.92 Å². The molecule has 2 rings (SSSR count). The van der Waals surface area contributed by atoms with Gasteiger partial charge in [-0.3, -0.25) is 4.98 Å². The molecular weight excluding hydrogens is 210 g/mol. The quantitative estimate of drug-likeness (QED) is 0.850. The number of pyridine rings is 1. The first kappa shape index (κ1) is 12.4. The van der Waals surface area contributed by atoms with E-state index in [4.69, 9.17) is 5.73 Å². The summed E-state index contributed by atoms with van der Waals surface area (Å²) in [4.78, 5) is 6.94. The molecule has 0 radical (unpaired) electrons. The topological polar surface area (TPSA) is 42.1 Å². The first-order chi connectivity index (χ1) is 8.08. The Bertz CT molecular complexity index is 352. The summed E-state index contributed by atoms with van der Waals surface area (Å²) in [6.45, 7) is 7.61. The summed E-state index contributed by atoms with van der Waals surface area (Å²) >= 11 is 0. The number of hydrogen-bond donors (Lipinski definition) is 1. The van der Waals surface area contributed by atoms with Crippen LogP contribution in [0.1, 0.15) is 45.3 Å². The highest BCUT2D eigenvalue weighted by Crippen LogP contribution is 2.32. The summed E-state index contributed by atoms with van der Waals surface area (Å²) < 4.78 is 0. The highest BCUT2D eigenvalue weighted by molar-refractivity contribution is 5.47. The lowest BCUT2D eigenvalue weighted by Crippen LogP contribution is -2.29. The molecule has 0 aliphatic heterocycles. The third kappa shape index (κ3) is 3.19. The second kappa shape index (κ2) is 5.05. The molecule has 0 spiro atoms. The van der Waals surface area contributed by atoms with Gasteiger partial charge in [-0.25, -0.2) is 0 Å². The lowest BCUT2D eigenvalue weighted by atomic mass is 10.1. The molecule has 1 heterocycles. The standard InChI is InChI=1S/C14H23N3/c1-10(2)9-17(12-4-5-12)13-6-7-14(11(3)15)16-8-13/h6-8,10-12H,4-5,9,15H2,1-3H3. The Kier molecular flexibility index (Phi) is 3.67. The largest absolute Gasteiger partial charge is 0.367 e. The summed E-state index contributed by atoms with van der Waals surface area (Å²) in [5.41, 5.74) is 8.02. The van der Waals surface area contributed by atoms with Crippen LogP contribution < -0.4 is 10.6 Å². The van der Waals surface area contributed by atoms with Gasteiger partial charge in [-0.1, -0.05) is 13.8 Å². The fourth-order valence-electron chi connectivity index (χ4n) is 2.08. The maximum atomic E-state index is 5.82. The molecule has 0 aromatic carbocycles. The van der Waals surface area contributed by atoms with Crippen LogP contribution in [0.3, 0.4) is 0 Å². The molecule has 3 nitrogen and oxygen atoms in total. The minimum atomic E-state index is 0.0172. The zero-order valence-electron chi connectivity index (χ0n) is 11.1. The van der Waals surface area contributed by atoms with Gasteiger partial charge in [0.05, 0.1) is 17.6 Å². The molecule has 0 amide bonds. The van der Waals surface area contributed by atoms with Gasteiger partial charge in [-0.05, 0) is 37.8 Å². The summed E-state index contributed by atoms with van der Waals surface area (Å²) in [5, 5.41) is 0. The molecule has 1 fully saturated rings. The average Bonchev–Trinajstić information content (AvgIpc) is 3.09. The molecule has 1 aromatic heterocycles. The van der Waals surface area contributed by atoms with E-state index >= 15 is 0 Å². The van der Waals surface area contributed by atoms with Crippen molar-refractivity contribution in [2.75, 3.05) is 11.4 Å². The van der Waals surface area contributed by atoms with Gasteiger partial charge in [0.1, 0.15) is 0 Å². The van der Waals surface area contributed by atoms with Crippen molar-refractivity contribution in [3.8, 4) is 0 Å². The fraction of sp³-hybridized carbons (Fsp3) is 0.643. The Balaban J connectivity index is 2.12. The predicted octanol–water partition coefficient (Wildman–Crippen LogP) is 2.73. The molecule has 1 saturated carbocycles. The second-order valence-corrected chi connectivity index (χ2v) is 5.51. The van der Waals surface area contributed by atoms with Gasteiger partial charge in [0.15, 0.2) is 0 Å². The van der Waals surface area contributed by atoms with Crippen LogP contribution in [0.5, 0.6) is 0 Å². The van der Waals surface area contributed by atoms with E-state index in [1.54, 1.807) is 0 Å². The molecular formula is C14H23N3. The van der Waals surface area contributed by atoms with Crippen LogP contribution in [0.2, 0.25) is 0 Å². The highest BCUT2D eigenvalue weighted by Gasteiger charge is 2.29. The highest BCUT2D eigenvalue weighted by atomic mass is 15.2. The minimum Gasteiger partial charge on any atom is -0.367 e. The number of nitrogens with two attached hydrogens (primary N) is 1. The van der Waals surface area contributed by atoms with Crippen LogP contribution >= 0.6 is 0 Å². The van der Waals surface area contributed by atoms with Crippen molar-refractivity contribution in [1.29, 1.82) is 0 Å². The van der Waals surface area contributed by atoms with Crippen LogP contribution in [0.4, 0.5) is 5.69 Å². The van der Waals surface area contributed by atoms with Gasteiger partial charge in [-0.2, -0.15) is 0 Å². The first-order valence-electron chi connectivity index (χ1n) is 6.56. The van der Waals surface area contributed by atoms with Crippen LogP contribution in [0.25, 0.3) is 0 Å². The molecule has 1 aromatic rings. The van der Waals surface area contributed by atoms with Crippen molar-refractivity contribution in [3.63, 3.8) is 0 Å². The van der Waals surface area contributed by atoms with E-state index in [-0.39, 0.29) is 6.04 Å². The van der Waals surface area contributed by atoms with E-state index in [9.17, 15) is 0 Å². The minimum absolute atomic E-state index is 0.0172. The van der Waals surface area contributed by atoms with Crippen molar-refractivity contribution in [2.24, 2.45) is 11.7 Å². The number of rotatable bonds is 5. The molecule has 1 unspecified atom stereocenters. The first-order valence-corrected chi connectivity index (χ1v) is 6.56. The Hall–Kier alpha value is -1.09. The summed E-state index contributed by atoms with van der Waals surface area (Å²) in [6.07, 6.45) is 4.61. The third-order valence-corrected chi connectivity index (χ3v) is 3.12. The molecule has 1 aliphatic rings. The van der Waals surface area contributed by atoms with Gasteiger partial charge in [-0.15, -0.1) is 0 Å². The molecule has 1 aliphatic carbocycles. The number of anilines is 1. The van der Waals surface area contributed by atoms with Crippen molar-refractivity contribution in [1.82, 2.24) is 4.98 Å². The number of hydrogen-bond acceptors (Lipinski definition) is 3. The lowest BCUT2D eigenvalue weighted by molar-refractivity contribution is 0.606. The lowest BCUT2D eigenvalue weighted by Gasteiger charge is -2.26. The second-order valence-electron chi connectivity index (χ2n) is 5.51. The normalized spacial score (nSPS) is 17.2. The van der Waals surface area contributed by atoms with Crippen LogP contribution in [-0.2, 0) is 0 Å². The van der Waals surface area contributed by atoms with Crippen LogP contribution in [-0.4, -0.2) is 17.6 Å². The predicted molar refractivity (Wildman–Crippen MR) is 72.0 cm³/mol. The number of nitrogens with zero attached hydrogens (tertiary/aromatic N) is 2. The number of aromatic nitrogens is 1. The van der Waals surface area contributed by atoms with Crippen LogP contribution in [0.15, 0.2) is 18.3 Å². The molecule has 0 saturated heterocycles. The Morgan fingerprint density at radius 1 is 1.35 bits per heavy atom. The molecule has 0 bridgehead atoms. The zero-order chi connectivity index (χ0) is 12.4. The fourth-order valence-corrected chi connectivity index (χ4v) is 2.08. The van der Waals surface area contributed by atoms with E-state index in [0.29, 0.717) is 5.92 Å². The van der Waals surface area contributed by atoms with Crippen molar-refractivity contribution in [2.45, 2.75) is 45.7 Å². The zero-order valence-corrected chi connectivity index (χ0v) is 11.1. The summed E-state index contributed by atoms with van der Waals surface area (Å²) in [7, 11) is 0. The monoisotopic (exact) mass is 233 g/mol. The smallest absolute Gasteiger partial charge is 0.0569 e. The van der Waals surface area contributed by atoms with E-state index in [2.05, 4.69) is 35.9 Å². The van der Waals surface area contributed by atoms with Crippen molar-refractivity contribution >= 4 is 5.69 Å². The molecule has 17 heavy (non-hydrogen) atoms. The SMILES string of the molecule is CC(C)CN(c1ccc(C(C)N)nc1)C1CC1. The van der Waals surface area contributed by atoms with E-state index in [1.165, 1.54) is 18.5 Å². The average molecular weight is 233 g/mol. The van der Waals surface area contributed by atoms with Gasteiger partial charge < -0.3 is 10.6 Å². The van der Waals surface area contributed by atoms with Gasteiger partial charge in [0.25, 0.3) is 0 Å². The molecule has 2 N–H and O–H groups in total. The van der Waals surface area contributed by atoms with E-state index in [1.807, 2.05) is 13.1 Å². The Labute approximate surface area is 104 Å². The Morgan fingerprint density at radius 3 is 2.47 bits per heavy atom. The van der Waals surface area contributed by atoms with Crippen molar-refractivity contribution in [3.05, 3.63) is 24.0 Å². The maximum absolute atomic E-state index is 5.82. The van der Waals surface area contributed by atoms with E-state index in [0.717, 1.165) is 18.3 Å². The molecule has 1 atom stereocenters. The molecule has 3 heteroatoms. The maximum Gasteiger partial charge on any atom is 0.0569 e. The van der Waals surface area contributed by atoms with Gasteiger partial charge >= 0.3 is 0 Å². The summed E-state index contributed by atoms with van der Waals surface area (Å²) in [5.74, 6) is 0.684. The van der Waals surface area contributed by atoms with Gasteiger partial charge in [0, 0.05) is 18.6 Å². The molecule has 94 valence electrons. The van der Waals surface area contributed by atoms with E-state index < -0.39 is 0 Å². The summed E-state index contributed by atoms with van der Waals surface area (Å²) in [6, 6.07) is 4.96. The third-order valence-electron chi connectivity index (χ3n) is 3.12. The Morgan fingerprint density at radius 2 is 2.06 bits per heavy atom. The van der Waals surface area contributed by atoms with Gasteiger partial charge in [0.2, 0.25) is 0 Å². The van der Waals surface area contributed by atoms with Crippen molar-refractivity contribution < 1.29 is 0 Å².